The van der Waals surface area contributed by atoms with Gasteiger partial charge in [-0.1, -0.05) is 54.6 Å². The molecule has 0 spiro atoms. The van der Waals surface area contributed by atoms with Crippen molar-refractivity contribution in [3.8, 4) is 17.2 Å². The molecule has 0 saturated carbocycles. The van der Waals surface area contributed by atoms with Crippen molar-refractivity contribution in [3.05, 3.63) is 101 Å². The Morgan fingerprint density at radius 3 is 2.57 bits per heavy atom. The van der Waals surface area contributed by atoms with Crippen LogP contribution in [0.1, 0.15) is 29.7 Å². The molecule has 0 unspecified atom stereocenters. The van der Waals surface area contributed by atoms with Gasteiger partial charge in [0.1, 0.15) is 19.0 Å². The van der Waals surface area contributed by atoms with E-state index in [1.54, 1.807) is 19.1 Å². The molecular weight excluding hydrogens is 448 g/mol. The first-order chi connectivity index (χ1) is 17.1. The predicted octanol–water partition coefficient (Wildman–Crippen LogP) is 4.37. The topological polar surface area (TPSA) is 95.1 Å². The summed E-state index contributed by atoms with van der Waals surface area (Å²) in [5.41, 5.74) is 3.16. The molecule has 35 heavy (non-hydrogen) atoms. The van der Waals surface area contributed by atoms with Crippen molar-refractivity contribution in [1.82, 2.24) is 10.6 Å². The number of ether oxygens (including phenoxy) is 4. The van der Waals surface area contributed by atoms with Crippen LogP contribution in [0.15, 0.2) is 84.1 Å². The van der Waals surface area contributed by atoms with E-state index in [1.807, 2.05) is 60.7 Å². The molecule has 178 valence electrons. The molecule has 2 heterocycles. The highest BCUT2D eigenvalue weighted by atomic mass is 16.7. The lowest BCUT2D eigenvalue weighted by Crippen LogP contribution is -2.45. The number of carbonyl (C=O) groups is 2. The number of fused-ring (bicyclic) bond motifs is 1. The fraction of sp³-hybridized carbons (Fsp3) is 0.185. The maximum Gasteiger partial charge on any atom is 0.338 e. The summed E-state index contributed by atoms with van der Waals surface area (Å²) in [6.07, 6.45) is 0. The van der Waals surface area contributed by atoms with Crippen molar-refractivity contribution in [2.24, 2.45) is 0 Å². The summed E-state index contributed by atoms with van der Waals surface area (Å²) in [4.78, 5) is 25.6. The molecule has 8 nitrogen and oxygen atoms in total. The second-order valence-corrected chi connectivity index (χ2v) is 8.15. The van der Waals surface area contributed by atoms with Crippen LogP contribution in [0.4, 0.5) is 4.79 Å². The Kier molecular flexibility index (Phi) is 6.26. The normalized spacial score (nSPS) is 16.4. The van der Waals surface area contributed by atoms with E-state index in [4.69, 9.17) is 18.9 Å². The minimum atomic E-state index is -0.736. The monoisotopic (exact) mass is 472 g/mol. The second-order valence-electron chi connectivity index (χ2n) is 8.15. The van der Waals surface area contributed by atoms with Crippen LogP contribution >= 0.6 is 0 Å². The second kappa shape index (κ2) is 9.80. The molecule has 0 radical (unpaired) electrons. The van der Waals surface area contributed by atoms with Crippen molar-refractivity contribution in [2.45, 2.75) is 26.2 Å². The van der Waals surface area contributed by atoms with Gasteiger partial charge < -0.3 is 29.6 Å². The van der Waals surface area contributed by atoms with Crippen LogP contribution in [0.3, 0.4) is 0 Å². The Balaban J connectivity index is 1.36. The van der Waals surface area contributed by atoms with Crippen LogP contribution in [0.25, 0.3) is 0 Å². The summed E-state index contributed by atoms with van der Waals surface area (Å²) in [6, 6.07) is 21.3. The number of hydrogen-bond donors (Lipinski definition) is 2. The maximum absolute atomic E-state index is 13.2. The number of carbonyl (C=O) groups excluding carboxylic acids is 2. The van der Waals surface area contributed by atoms with Gasteiger partial charge >= 0.3 is 12.0 Å². The van der Waals surface area contributed by atoms with Gasteiger partial charge in [-0.15, -0.1) is 0 Å². The molecule has 5 rings (SSSR count). The molecule has 2 aliphatic heterocycles. The average Bonchev–Trinajstić information content (AvgIpc) is 3.34. The Labute approximate surface area is 202 Å². The van der Waals surface area contributed by atoms with E-state index in [2.05, 4.69) is 10.6 Å². The van der Waals surface area contributed by atoms with Gasteiger partial charge in [0.2, 0.25) is 6.79 Å². The minimum absolute atomic E-state index is 0.0407. The molecule has 0 fully saturated rings. The number of nitrogens with one attached hydrogen (secondary N) is 2. The Morgan fingerprint density at radius 1 is 0.943 bits per heavy atom. The van der Waals surface area contributed by atoms with Crippen LogP contribution in [0, 0.1) is 0 Å². The number of urea groups is 1. The van der Waals surface area contributed by atoms with Crippen LogP contribution in [0.2, 0.25) is 0 Å². The minimum Gasteiger partial charge on any atom is -0.489 e. The highest BCUT2D eigenvalue weighted by molar-refractivity contribution is 5.95. The third-order valence-corrected chi connectivity index (χ3v) is 5.76. The molecule has 0 aromatic heterocycles. The number of hydrogen-bond acceptors (Lipinski definition) is 6. The van der Waals surface area contributed by atoms with Gasteiger partial charge in [-0.05, 0) is 36.2 Å². The number of benzene rings is 3. The summed E-state index contributed by atoms with van der Waals surface area (Å²) >= 11 is 0. The molecule has 0 saturated heterocycles. The lowest BCUT2D eigenvalue weighted by molar-refractivity contribution is -0.140. The zero-order valence-electron chi connectivity index (χ0n) is 19.1. The van der Waals surface area contributed by atoms with Gasteiger partial charge in [-0.25, -0.2) is 9.59 Å². The third-order valence-electron chi connectivity index (χ3n) is 5.76. The zero-order valence-corrected chi connectivity index (χ0v) is 19.1. The third kappa shape index (κ3) is 4.91. The van der Waals surface area contributed by atoms with Crippen LogP contribution in [-0.2, 0) is 22.7 Å². The molecule has 3 aromatic rings. The molecule has 8 heteroatoms. The maximum atomic E-state index is 13.2. The fourth-order valence-electron chi connectivity index (χ4n) is 4.04. The number of para-hydroxylation sites is 1. The van der Waals surface area contributed by atoms with Crippen LogP contribution in [-0.4, -0.2) is 18.8 Å². The van der Waals surface area contributed by atoms with E-state index in [9.17, 15) is 9.59 Å². The first kappa shape index (κ1) is 22.3. The number of esters is 1. The van der Waals surface area contributed by atoms with E-state index >= 15 is 0 Å². The molecule has 2 N–H and O–H groups in total. The first-order valence-electron chi connectivity index (χ1n) is 11.2. The van der Waals surface area contributed by atoms with E-state index in [-0.39, 0.29) is 13.4 Å². The van der Waals surface area contributed by atoms with Gasteiger partial charge in [-0.3, -0.25) is 0 Å². The lowest BCUT2D eigenvalue weighted by atomic mass is 9.95. The molecule has 1 atom stereocenters. The van der Waals surface area contributed by atoms with Crippen molar-refractivity contribution in [2.75, 3.05) is 6.79 Å². The summed E-state index contributed by atoms with van der Waals surface area (Å²) in [6.45, 7) is 2.24. The van der Waals surface area contributed by atoms with Crippen molar-refractivity contribution >= 4 is 12.0 Å². The van der Waals surface area contributed by atoms with E-state index < -0.39 is 18.0 Å². The van der Waals surface area contributed by atoms with E-state index in [0.29, 0.717) is 40.7 Å². The highest BCUT2D eigenvalue weighted by Gasteiger charge is 2.34. The van der Waals surface area contributed by atoms with Crippen molar-refractivity contribution in [1.29, 1.82) is 0 Å². The number of allylic oxidation sites excluding steroid dienone is 1. The number of rotatable bonds is 7. The SMILES string of the molecule is CC1=C(C(=O)OCc2ccc3c(c2)OCO3)[C@H](c2ccccc2OCc2ccccc2)NC(=O)N1. The highest BCUT2D eigenvalue weighted by Crippen LogP contribution is 2.35. The summed E-state index contributed by atoms with van der Waals surface area (Å²) < 4.78 is 22.4. The summed E-state index contributed by atoms with van der Waals surface area (Å²) in [7, 11) is 0. The van der Waals surface area contributed by atoms with Gasteiger partial charge in [0.25, 0.3) is 0 Å². The van der Waals surface area contributed by atoms with Gasteiger partial charge in [0.15, 0.2) is 11.5 Å². The van der Waals surface area contributed by atoms with Crippen molar-refractivity contribution in [3.63, 3.8) is 0 Å². The predicted molar refractivity (Wildman–Crippen MR) is 127 cm³/mol. The summed E-state index contributed by atoms with van der Waals surface area (Å²) in [5.74, 6) is 1.29. The smallest absolute Gasteiger partial charge is 0.338 e. The molecule has 2 amide bonds. The average molecular weight is 472 g/mol. The van der Waals surface area contributed by atoms with Crippen LogP contribution in [0.5, 0.6) is 17.2 Å². The van der Waals surface area contributed by atoms with E-state index in [0.717, 1.165) is 11.1 Å². The Hall–Kier alpha value is -4.46. The summed E-state index contributed by atoms with van der Waals surface area (Å²) in [5, 5.41) is 5.51. The van der Waals surface area contributed by atoms with Gasteiger partial charge in [-0.2, -0.15) is 0 Å². The quantitative estimate of drug-likeness (QED) is 0.496. The fourth-order valence-corrected chi connectivity index (χ4v) is 4.04. The first-order valence-corrected chi connectivity index (χ1v) is 11.2. The molecule has 0 aliphatic carbocycles. The Morgan fingerprint density at radius 2 is 1.71 bits per heavy atom. The molecular formula is C27H24N2O6. The van der Waals surface area contributed by atoms with E-state index in [1.165, 1.54) is 0 Å². The standard InChI is InChI=1S/C27H24N2O6/c1-17-24(26(30)33-15-19-11-12-22-23(13-19)35-16-34-22)25(29-27(31)28-17)20-9-5-6-10-21(20)32-14-18-7-3-2-4-8-18/h2-13,25H,14-16H2,1H3,(H2,28,29,31)/t25-/m0/s1. The molecule has 3 aromatic carbocycles. The van der Waals surface area contributed by atoms with Crippen LogP contribution < -0.4 is 24.8 Å². The molecule has 2 aliphatic rings. The van der Waals surface area contributed by atoms with Crippen molar-refractivity contribution < 1.29 is 28.5 Å². The van der Waals surface area contributed by atoms with Gasteiger partial charge in [0.05, 0.1) is 11.6 Å². The largest absolute Gasteiger partial charge is 0.489 e. The lowest BCUT2D eigenvalue weighted by Gasteiger charge is -2.29. The molecule has 0 bridgehead atoms. The Bertz CT molecular complexity index is 1290. The number of amides is 2. The zero-order chi connectivity index (χ0) is 24.2. The van der Waals surface area contributed by atoms with Gasteiger partial charge in [0, 0.05) is 11.3 Å².